The van der Waals surface area contributed by atoms with E-state index in [0.29, 0.717) is 17.2 Å². The van der Waals surface area contributed by atoms with Gasteiger partial charge in [-0.2, -0.15) is 0 Å². The number of carbonyl (C=O) groups is 2. The number of hydrogen-bond donors (Lipinski definition) is 1. The van der Waals surface area contributed by atoms with Crippen LogP contribution in [0.25, 0.3) is 5.76 Å². The van der Waals surface area contributed by atoms with Gasteiger partial charge in [-0.3, -0.25) is 14.5 Å². The molecule has 6 nitrogen and oxygen atoms in total. The van der Waals surface area contributed by atoms with Gasteiger partial charge in [-0.05, 0) is 68.3 Å². The van der Waals surface area contributed by atoms with Crippen molar-refractivity contribution in [2.24, 2.45) is 0 Å². The molecule has 1 N–H and O–H groups in total. The van der Waals surface area contributed by atoms with Gasteiger partial charge in [-0.15, -0.1) is 0 Å². The van der Waals surface area contributed by atoms with Gasteiger partial charge in [0.2, 0.25) is 0 Å². The van der Waals surface area contributed by atoms with Crippen molar-refractivity contribution in [3.05, 3.63) is 88.1 Å². The molecule has 1 atom stereocenters. The average Bonchev–Trinajstić information content (AvgIpc) is 3.30. The van der Waals surface area contributed by atoms with Gasteiger partial charge in [0.1, 0.15) is 34.9 Å². The highest BCUT2D eigenvalue weighted by Gasteiger charge is 2.49. The molecular weight excluding hydrogens is 413 g/mol. The van der Waals surface area contributed by atoms with E-state index in [1.807, 2.05) is 26.0 Å². The van der Waals surface area contributed by atoms with E-state index in [1.165, 1.54) is 24.1 Å². The van der Waals surface area contributed by atoms with Crippen molar-refractivity contribution in [2.45, 2.75) is 26.8 Å². The lowest BCUT2D eigenvalue weighted by molar-refractivity contribution is -0.132. The fourth-order valence-electron chi connectivity index (χ4n) is 3.94. The second-order valence-corrected chi connectivity index (χ2v) is 7.75. The van der Waals surface area contributed by atoms with Crippen molar-refractivity contribution in [1.82, 2.24) is 0 Å². The Labute approximate surface area is 184 Å². The maximum absolute atomic E-state index is 14.0. The molecule has 1 unspecified atom stereocenters. The van der Waals surface area contributed by atoms with E-state index in [0.717, 1.165) is 17.2 Å². The van der Waals surface area contributed by atoms with Gasteiger partial charge in [0.25, 0.3) is 11.7 Å². The molecule has 0 spiro atoms. The molecule has 32 heavy (non-hydrogen) atoms. The Morgan fingerprint density at radius 1 is 1.06 bits per heavy atom. The van der Waals surface area contributed by atoms with Crippen molar-refractivity contribution < 1.29 is 28.2 Å². The normalized spacial score (nSPS) is 17.8. The van der Waals surface area contributed by atoms with E-state index in [9.17, 15) is 19.1 Å². The summed E-state index contributed by atoms with van der Waals surface area (Å²) in [5.41, 5.74) is 1.97. The highest BCUT2D eigenvalue weighted by molar-refractivity contribution is 6.51. The second-order valence-electron chi connectivity index (χ2n) is 7.75. The molecular formula is C25H22FNO5. The van der Waals surface area contributed by atoms with Crippen LogP contribution in [0.1, 0.15) is 34.3 Å². The number of ether oxygens (including phenoxy) is 1. The second kappa shape index (κ2) is 8.00. The third kappa shape index (κ3) is 3.45. The highest BCUT2D eigenvalue weighted by Crippen LogP contribution is 2.44. The molecule has 3 aromatic rings. The van der Waals surface area contributed by atoms with E-state index >= 15 is 0 Å². The standard InChI is InChI=1S/C25H22FNO5/c1-13-5-6-14(2)18(11-13)27-22(20-9-7-15(3)32-20)21(24(29)25(27)30)23(28)17-12-16(26)8-10-19(17)31-4/h5-12,22,28H,1-4H3/b23-21+. The van der Waals surface area contributed by atoms with Gasteiger partial charge in [0, 0.05) is 5.69 Å². The first kappa shape index (κ1) is 21.4. The molecule has 0 bridgehead atoms. The topological polar surface area (TPSA) is 80.0 Å². The maximum atomic E-state index is 14.0. The number of aryl methyl sites for hydroxylation is 3. The molecule has 0 saturated carbocycles. The number of Topliss-reactive ketones (excluding diaryl/α,β-unsaturated/α-hetero) is 1. The monoisotopic (exact) mass is 435 g/mol. The number of ketones is 1. The summed E-state index contributed by atoms with van der Waals surface area (Å²) in [5, 5.41) is 11.2. The van der Waals surface area contributed by atoms with Gasteiger partial charge in [0.05, 0.1) is 18.2 Å². The van der Waals surface area contributed by atoms with E-state index in [1.54, 1.807) is 25.1 Å². The summed E-state index contributed by atoms with van der Waals surface area (Å²) in [6.07, 6.45) is 0. The van der Waals surface area contributed by atoms with Gasteiger partial charge in [-0.1, -0.05) is 12.1 Å². The predicted molar refractivity (Wildman–Crippen MR) is 117 cm³/mol. The van der Waals surface area contributed by atoms with E-state index in [-0.39, 0.29) is 16.9 Å². The van der Waals surface area contributed by atoms with E-state index < -0.39 is 29.3 Å². The van der Waals surface area contributed by atoms with Gasteiger partial charge < -0.3 is 14.3 Å². The number of methoxy groups -OCH3 is 1. The van der Waals surface area contributed by atoms with Gasteiger partial charge in [0.15, 0.2) is 0 Å². The van der Waals surface area contributed by atoms with Gasteiger partial charge >= 0.3 is 0 Å². The summed E-state index contributed by atoms with van der Waals surface area (Å²) in [4.78, 5) is 27.7. The van der Waals surface area contributed by atoms with Gasteiger partial charge in [-0.25, -0.2) is 4.39 Å². The Kier molecular flexibility index (Phi) is 5.34. The molecule has 1 aliphatic heterocycles. The molecule has 0 radical (unpaired) electrons. The lowest BCUT2D eigenvalue weighted by atomic mass is 9.98. The molecule has 1 amide bonds. The molecule has 2 aromatic carbocycles. The van der Waals surface area contributed by atoms with E-state index in [4.69, 9.17) is 9.15 Å². The lowest BCUT2D eigenvalue weighted by Gasteiger charge is -2.25. The number of nitrogens with zero attached hydrogens (tertiary/aromatic N) is 1. The molecule has 1 saturated heterocycles. The highest BCUT2D eigenvalue weighted by atomic mass is 19.1. The minimum atomic E-state index is -1.03. The molecule has 164 valence electrons. The third-order valence-electron chi connectivity index (χ3n) is 5.52. The number of furan rings is 1. The predicted octanol–water partition coefficient (Wildman–Crippen LogP) is 4.98. The molecule has 1 aromatic heterocycles. The molecule has 1 fully saturated rings. The Hall–Kier alpha value is -3.87. The first-order valence-corrected chi connectivity index (χ1v) is 10.0. The Balaban J connectivity index is 2.01. The van der Waals surface area contributed by atoms with Crippen LogP contribution >= 0.6 is 0 Å². The van der Waals surface area contributed by atoms with Crippen molar-refractivity contribution in [1.29, 1.82) is 0 Å². The number of anilines is 1. The zero-order valence-electron chi connectivity index (χ0n) is 18.1. The fourth-order valence-corrected chi connectivity index (χ4v) is 3.94. The summed E-state index contributed by atoms with van der Waals surface area (Å²) in [7, 11) is 1.37. The van der Waals surface area contributed by atoms with Crippen LogP contribution < -0.4 is 9.64 Å². The number of benzene rings is 2. The fraction of sp³-hybridized carbons (Fsp3) is 0.200. The summed E-state index contributed by atoms with van der Waals surface area (Å²) in [6, 6.07) is 11.5. The van der Waals surface area contributed by atoms with Crippen LogP contribution in [-0.2, 0) is 9.59 Å². The lowest BCUT2D eigenvalue weighted by Crippen LogP contribution is -2.30. The number of hydrogen-bond acceptors (Lipinski definition) is 5. The number of aliphatic hydroxyl groups excluding tert-OH is 1. The third-order valence-corrected chi connectivity index (χ3v) is 5.52. The van der Waals surface area contributed by atoms with Crippen molar-refractivity contribution in [3.63, 3.8) is 0 Å². The summed E-state index contributed by atoms with van der Waals surface area (Å²) in [5.74, 6) is -1.82. The molecule has 2 heterocycles. The summed E-state index contributed by atoms with van der Waals surface area (Å²) < 4.78 is 25.0. The Bertz CT molecular complexity index is 1270. The molecule has 7 heteroatoms. The smallest absolute Gasteiger partial charge is 0.300 e. The quantitative estimate of drug-likeness (QED) is 0.355. The summed E-state index contributed by atoms with van der Waals surface area (Å²) >= 11 is 0. The van der Waals surface area contributed by atoms with Crippen LogP contribution in [0.3, 0.4) is 0 Å². The van der Waals surface area contributed by atoms with Crippen LogP contribution in [0.15, 0.2) is 58.5 Å². The maximum Gasteiger partial charge on any atom is 0.300 e. The van der Waals surface area contributed by atoms with Crippen LogP contribution in [0.5, 0.6) is 5.75 Å². The Morgan fingerprint density at radius 3 is 2.47 bits per heavy atom. The van der Waals surface area contributed by atoms with Crippen LogP contribution in [0, 0.1) is 26.6 Å². The number of halogens is 1. The van der Waals surface area contributed by atoms with Crippen molar-refractivity contribution in [3.8, 4) is 5.75 Å². The minimum absolute atomic E-state index is 0.0280. The molecule has 4 rings (SSSR count). The molecule has 1 aliphatic rings. The summed E-state index contributed by atoms with van der Waals surface area (Å²) in [6.45, 7) is 5.44. The number of rotatable bonds is 4. The SMILES string of the molecule is COc1ccc(F)cc1/C(O)=C1\C(=O)C(=O)N(c2cc(C)ccc2C)C1c1ccc(C)o1. The largest absolute Gasteiger partial charge is 0.507 e. The van der Waals surface area contributed by atoms with Crippen LogP contribution in [0.4, 0.5) is 10.1 Å². The average molecular weight is 435 g/mol. The first-order chi connectivity index (χ1) is 15.2. The van der Waals surface area contributed by atoms with Crippen molar-refractivity contribution >= 4 is 23.1 Å². The zero-order valence-corrected chi connectivity index (χ0v) is 18.1. The van der Waals surface area contributed by atoms with E-state index in [2.05, 4.69) is 0 Å². The zero-order chi connectivity index (χ0) is 23.2. The number of carbonyl (C=O) groups excluding carboxylic acids is 2. The number of aliphatic hydroxyl groups is 1. The van der Waals surface area contributed by atoms with Crippen molar-refractivity contribution in [2.75, 3.05) is 12.0 Å². The van der Waals surface area contributed by atoms with Crippen LogP contribution in [0.2, 0.25) is 0 Å². The first-order valence-electron chi connectivity index (χ1n) is 10.0. The van der Waals surface area contributed by atoms with Crippen LogP contribution in [-0.4, -0.2) is 23.9 Å². The Morgan fingerprint density at radius 2 is 1.81 bits per heavy atom. The number of amides is 1. The minimum Gasteiger partial charge on any atom is -0.507 e. The molecule has 0 aliphatic carbocycles.